The summed E-state index contributed by atoms with van der Waals surface area (Å²) in [5.74, 6) is 0. The maximum atomic E-state index is 12.9. The first kappa shape index (κ1) is 20.3. The van der Waals surface area contributed by atoms with Crippen LogP contribution in [0.25, 0.3) is 0 Å². The van der Waals surface area contributed by atoms with Gasteiger partial charge >= 0.3 is 0 Å². The van der Waals surface area contributed by atoms with Gasteiger partial charge in [-0.3, -0.25) is 4.68 Å². The zero-order valence-corrected chi connectivity index (χ0v) is 17.6. The van der Waals surface area contributed by atoms with Gasteiger partial charge in [0.15, 0.2) is 0 Å². The van der Waals surface area contributed by atoms with Gasteiger partial charge in [-0.05, 0) is 46.7 Å². The van der Waals surface area contributed by atoms with Crippen LogP contribution in [0.15, 0.2) is 65.8 Å². The molecule has 3 rings (SSSR count). The fraction of sp³-hybridized carbons (Fsp3) is 0.318. The Morgan fingerprint density at radius 2 is 1.71 bits per heavy atom. The Morgan fingerprint density at radius 1 is 1.04 bits per heavy atom. The van der Waals surface area contributed by atoms with Crippen molar-refractivity contribution in [3.05, 3.63) is 83.2 Å². The minimum Gasteiger partial charge on any atom is -0.268 e. The number of nitrogens with zero attached hydrogens (tertiary/aromatic N) is 2. The lowest BCUT2D eigenvalue weighted by molar-refractivity contribution is 0.575. The molecule has 0 amide bonds. The number of aromatic nitrogens is 2. The lowest BCUT2D eigenvalue weighted by atomic mass is 9.87. The number of aryl methyl sites for hydroxylation is 1. The fourth-order valence-electron chi connectivity index (χ4n) is 2.96. The molecule has 0 atom stereocenters. The Bertz CT molecular complexity index is 1030. The van der Waals surface area contributed by atoms with Crippen LogP contribution in [0.3, 0.4) is 0 Å². The van der Waals surface area contributed by atoms with Crippen molar-refractivity contribution in [1.82, 2.24) is 14.5 Å². The molecule has 0 saturated carbocycles. The van der Waals surface area contributed by atoms with Crippen LogP contribution >= 0.6 is 0 Å². The smallest absolute Gasteiger partial charge is 0.241 e. The maximum absolute atomic E-state index is 12.9. The van der Waals surface area contributed by atoms with E-state index in [1.54, 1.807) is 12.3 Å². The van der Waals surface area contributed by atoms with E-state index >= 15 is 0 Å². The number of sulfonamides is 1. The lowest BCUT2D eigenvalue weighted by Crippen LogP contribution is -2.25. The third-order valence-corrected chi connectivity index (χ3v) is 6.28. The van der Waals surface area contributed by atoms with Gasteiger partial charge in [-0.2, -0.15) is 5.10 Å². The summed E-state index contributed by atoms with van der Waals surface area (Å²) >= 11 is 0. The van der Waals surface area contributed by atoms with Crippen LogP contribution in [-0.4, -0.2) is 18.2 Å². The van der Waals surface area contributed by atoms with E-state index < -0.39 is 10.0 Å². The van der Waals surface area contributed by atoms with Gasteiger partial charge < -0.3 is 0 Å². The summed E-state index contributed by atoms with van der Waals surface area (Å²) in [6, 6.07) is 15.4. The third-order valence-electron chi connectivity index (χ3n) is 4.74. The van der Waals surface area contributed by atoms with Gasteiger partial charge in [-0.1, -0.05) is 57.2 Å². The summed E-state index contributed by atoms with van der Waals surface area (Å²) < 4.78 is 30.3. The molecule has 0 saturated heterocycles. The molecule has 0 spiro atoms. The Morgan fingerprint density at radius 3 is 2.32 bits per heavy atom. The summed E-state index contributed by atoms with van der Waals surface area (Å²) in [6.07, 6.45) is 3.66. The van der Waals surface area contributed by atoms with Gasteiger partial charge in [0.1, 0.15) is 0 Å². The van der Waals surface area contributed by atoms with Gasteiger partial charge in [0.25, 0.3) is 0 Å². The van der Waals surface area contributed by atoms with E-state index in [2.05, 4.69) is 30.6 Å². The summed E-state index contributed by atoms with van der Waals surface area (Å²) in [5.41, 5.74) is 3.67. The van der Waals surface area contributed by atoms with Crippen molar-refractivity contribution in [2.24, 2.45) is 0 Å². The molecule has 0 bridgehead atoms. The van der Waals surface area contributed by atoms with E-state index in [0.717, 1.165) is 22.3 Å². The number of hydrogen-bond acceptors (Lipinski definition) is 3. The minimum atomic E-state index is -3.59. The molecule has 0 aliphatic heterocycles. The topological polar surface area (TPSA) is 64.0 Å². The van der Waals surface area contributed by atoms with E-state index in [4.69, 9.17) is 0 Å². The van der Waals surface area contributed by atoms with Crippen molar-refractivity contribution in [2.75, 3.05) is 0 Å². The summed E-state index contributed by atoms with van der Waals surface area (Å²) in [5, 5.41) is 4.19. The highest BCUT2D eigenvalue weighted by Crippen LogP contribution is 2.26. The van der Waals surface area contributed by atoms with E-state index in [9.17, 15) is 8.42 Å². The summed E-state index contributed by atoms with van der Waals surface area (Å²) in [6.45, 7) is 9.00. The van der Waals surface area contributed by atoms with Crippen LogP contribution in [0.2, 0.25) is 0 Å². The normalized spacial score (nSPS) is 12.3. The molecular weight excluding hydrogens is 370 g/mol. The number of rotatable bonds is 6. The fourth-order valence-corrected chi connectivity index (χ4v) is 4.24. The van der Waals surface area contributed by atoms with E-state index in [-0.39, 0.29) is 12.0 Å². The first-order valence-corrected chi connectivity index (χ1v) is 10.8. The molecule has 5 nitrogen and oxygen atoms in total. The SMILES string of the molecule is Cc1ccc(C(C)(C)C)cc1S(=O)(=O)NCc1ccc(Cn2cccn2)cc1. The molecule has 1 heterocycles. The standard InChI is InChI=1S/C22H27N3O2S/c1-17-6-11-20(22(2,3)4)14-21(17)28(26,27)24-15-18-7-9-19(10-8-18)16-25-13-5-12-23-25/h5-14,24H,15-16H2,1-4H3. The monoisotopic (exact) mass is 397 g/mol. The number of nitrogens with one attached hydrogen (secondary N) is 1. The van der Waals surface area contributed by atoms with Crippen LogP contribution in [0.5, 0.6) is 0 Å². The van der Waals surface area contributed by atoms with Gasteiger partial charge in [-0.25, -0.2) is 13.1 Å². The highest BCUT2D eigenvalue weighted by Gasteiger charge is 2.21. The van der Waals surface area contributed by atoms with Crippen LogP contribution in [-0.2, 0) is 28.5 Å². The predicted molar refractivity (Wildman–Crippen MR) is 112 cm³/mol. The lowest BCUT2D eigenvalue weighted by Gasteiger charge is -2.21. The zero-order valence-electron chi connectivity index (χ0n) is 16.8. The summed E-state index contributed by atoms with van der Waals surface area (Å²) in [4.78, 5) is 0.343. The van der Waals surface area contributed by atoms with Crippen molar-refractivity contribution < 1.29 is 8.42 Å². The molecule has 2 aromatic carbocycles. The van der Waals surface area contributed by atoms with Crippen LogP contribution < -0.4 is 4.72 Å². The third kappa shape index (κ3) is 4.88. The van der Waals surface area contributed by atoms with Gasteiger partial charge in [0, 0.05) is 18.9 Å². The van der Waals surface area contributed by atoms with Gasteiger partial charge in [0.05, 0.1) is 11.4 Å². The van der Waals surface area contributed by atoms with Crippen molar-refractivity contribution >= 4 is 10.0 Å². The molecule has 1 N–H and O–H groups in total. The molecule has 0 radical (unpaired) electrons. The van der Waals surface area contributed by atoms with Crippen molar-refractivity contribution in [2.45, 2.75) is 51.1 Å². The molecule has 0 fully saturated rings. The zero-order chi connectivity index (χ0) is 20.4. The molecule has 148 valence electrons. The molecular formula is C22H27N3O2S. The molecule has 0 unspecified atom stereocenters. The van der Waals surface area contributed by atoms with Crippen molar-refractivity contribution in [3.8, 4) is 0 Å². The second-order valence-corrected chi connectivity index (χ2v) is 9.81. The van der Waals surface area contributed by atoms with Gasteiger partial charge in [0.2, 0.25) is 10.0 Å². The van der Waals surface area contributed by atoms with Crippen molar-refractivity contribution in [3.63, 3.8) is 0 Å². The minimum absolute atomic E-state index is 0.109. The maximum Gasteiger partial charge on any atom is 0.241 e. The Hall–Kier alpha value is -2.44. The first-order valence-electron chi connectivity index (χ1n) is 9.31. The Kier molecular flexibility index (Phi) is 5.72. The van der Waals surface area contributed by atoms with E-state index in [1.165, 1.54) is 0 Å². The second-order valence-electron chi connectivity index (χ2n) is 8.07. The van der Waals surface area contributed by atoms with Crippen LogP contribution in [0.1, 0.15) is 43.0 Å². The molecule has 0 aliphatic carbocycles. The highest BCUT2D eigenvalue weighted by atomic mass is 32.2. The second kappa shape index (κ2) is 7.89. The number of benzene rings is 2. The largest absolute Gasteiger partial charge is 0.268 e. The molecule has 1 aromatic heterocycles. The average molecular weight is 398 g/mol. The van der Waals surface area contributed by atoms with Crippen molar-refractivity contribution in [1.29, 1.82) is 0 Å². The highest BCUT2D eigenvalue weighted by molar-refractivity contribution is 7.89. The van der Waals surface area contributed by atoms with E-state index in [0.29, 0.717) is 11.4 Å². The Balaban J connectivity index is 1.71. The quantitative estimate of drug-likeness (QED) is 0.683. The number of hydrogen-bond donors (Lipinski definition) is 1. The average Bonchev–Trinajstić information content (AvgIpc) is 3.13. The molecule has 6 heteroatoms. The molecule has 28 heavy (non-hydrogen) atoms. The first-order chi connectivity index (χ1) is 13.1. The summed E-state index contributed by atoms with van der Waals surface area (Å²) in [7, 11) is -3.59. The molecule has 0 aliphatic rings. The predicted octanol–water partition coefficient (Wildman–Crippen LogP) is 4.02. The van der Waals surface area contributed by atoms with Crippen LogP contribution in [0, 0.1) is 6.92 Å². The van der Waals surface area contributed by atoms with E-state index in [1.807, 2.05) is 60.3 Å². The van der Waals surface area contributed by atoms with Crippen LogP contribution in [0.4, 0.5) is 0 Å². The molecule has 3 aromatic rings. The van der Waals surface area contributed by atoms with Gasteiger partial charge in [-0.15, -0.1) is 0 Å². The Labute approximate surface area is 167 Å².